The van der Waals surface area contributed by atoms with E-state index in [1.807, 2.05) is 19.0 Å². The van der Waals surface area contributed by atoms with E-state index >= 15 is 0 Å². The molecule has 1 aromatic carbocycles. The average molecular weight is 378 g/mol. The van der Waals surface area contributed by atoms with Gasteiger partial charge in [0.25, 0.3) is 12.4 Å². The smallest absolute Gasteiger partial charge is 0.312 e. The van der Waals surface area contributed by atoms with E-state index in [1.54, 1.807) is 23.1 Å². The van der Waals surface area contributed by atoms with Crippen molar-refractivity contribution in [1.82, 2.24) is 9.80 Å². The number of hydrogen-bond donors (Lipinski definition) is 2. The Morgan fingerprint density at radius 3 is 2.56 bits per heavy atom. The third kappa shape index (κ3) is 4.97. The second-order valence-corrected chi connectivity index (χ2v) is 7.22. The largest absolute Gasteiger partial charge is 0.508 e. The number of benzene rings is 1. The molecule has 2 saturated heterocycles. The summed E-state index contributed by atoms with van der Waals surface area (Å²) >= 11 is 0. The maximum Gasteiger partial charge on any atom is 0.312 e. The van der Waals surface area contributed by atoms with E-state index in [9.17, 15) is 14.7 Å². The molecule has 1 atom stereocenters. The fraction of sp³-hybridized carbons (Fsp3) is 0.526. The Bertz CT molecular complexity index is 683. The fourth-order valence-corrected chi connectivity index (χ4v) is 3.71. The molecule has 3 rings (SSSR count). The van der Waals surface area contributed by atoms with Crippen LogP contribution >= 0.6 is 0 Å². The molecule has 2 N–H and O–H groups in total. The van der Waals surface area contributed by atoms with Gasteiger partial charge in [0.05, 0.1) is 5.41 Å². The summed E-state index contributed by atoms with van der Waals surface area (Å²) in [5.41, 5.74) is 0.0430. The number of amides is 1. The maximum atomic E-state index is 12.5. The highest BCUT2D eigenvalue weighted by atomic mass is 16.6. The molecule has 1 aromatic rings. The average Bonchev–Trinajstić information content (AvgIpc) is 2.90. The molecule has 0 radical (unpaired) electrons. The van der Waals surface area contributed by atoms with E-state index in [1.165, 1.54) is 6.07 Å². The predicted octanol–water partition coefficient (Wildman–Crippen LogP) is 1.19. The molecule has 2 heterocycles. The zero-order valence-electron chi connectivity index (χ0n) is 15.6. The Hall–Kier alpha value is -2.61. The number of carbonyl (C=O) groups excluding carboxylic acids is 2. The van der Waals surface area contributed by atoms with Crippen molar-refractivity contribution < 1.29 is 29.3 Å². The number of piperidine rings is 1. The van der Waals surface area contributed by atoms with Crippen LogP contribution in [0.3, 0.4) is 0 Å². The lowest BCUT2D eigenvalue weighted by Gasteiger charge is -2.36. The molecule has 1 amide bonds. The summed E-state index contributed by atoms with van der Waals surface area (Å²) in [5, 5.41) is 16.4. The van der Waals surface area contributed by atoms with Gasteiger partial charge in [-0.1, -0.05) is 6.07 Å². The van der Waals surface area contributed by atoms with E-state index in [0.29, 0.717) is 31.5 Å². The van der Waals surface area contributed by atoms with Crippen LogP contribution in [-0.2, 0) is 14.3 Å². The van der Waals surface area contributed by atoms with Crippen LogP contribution in [-0.4, -0.2) is 78.2 Å². The van der Waals surface area contributed by atoms with Gasteiger partial charge >= 0.3 is 5.97 Å². The van der Waals surface area contributed by atoms with E-state index in [2.05, 4.69) is 0 Å². The second kappa shape index (κ2) is 8.85. The van der Waals surface area contributed by atoms with Crippen molar-refractivity contribution in [3.63, 3.8) is 0 Å². The first-order valence-corrected chi connectivity index (χ1v) is 8.83. The van der Waals surface area contributed by atoms with E-state index in [-0.39, 0.29) is 30.2 Å². The highest BCUT2D eigenvalue weighted by molar-refractivity contribution is 5.94. The van der Waals surface area contributed by atoms with Crippen LogP contribution < -0.4 is 0 Å². The van der Waals surface area contributed by atoms with Crippen molar-refractivity contribution in [3.8, 4) is 5.75 Å². The fourth-order valence-electron chi connectivity index (χ4n) is 3.71. The van der Waals surface area contributed by atoms with Gasteiger partial charge in [-0.2, -0.15) is 0 Å². The number of likely N-dealkylation sites (N-methyl/N-ethyl adjacent to an activating group) is 1. The first-order chi connectivity index (χ1) is 12.8. The lowest BCUT2D eigenvalue weighted by molar-refractivity contribution is -0.150. The number of cyclic esters (lactones) is 1. The molecule has 2 fully saturated rings. The van der Waals surface area contributed by atoms with Gasteiger partial charge in [-0.3, -0.25) is 14.4 Å². The lowest BCUT2D eigenvalue weighted by Crippen LogP contribution is -2.45. The first-order valence-electron chi connectivity index (χ1n) is 8.83. The van der Waals surface area contributed by atoms with Crippen LogP contribution in [0.15, 0.2) is 24.3 Å². The van der Waals surface area contributed by atoms with Crippen LogP contribution in [0.2, 0.25) is 0 Å². The van der Waals surface area contributed by atoms with Gasteiger partial charge < -0.3 is 24.7 Å². The van der Waals surface area contributed by atoms with Crippen LogP contribution in [0.5, 0.6) is 5.75 Å². The zero-order valence-corrected chi connectivity index (χ0v) is 15.6. The SMILES string of the molecule is CN(C)CC1CC2(CCN(C(=O)c3cccc(O)c3)CC2)C(=O)O1.O=CO. The number of phenolic OH excluding ortho intramolecular Hbond substituents is 1. The molecule has 0 saturated carbocycles. The van der Waals surface area contributed by atoms with E-state index in [4.69, 9.17) is 14.6 Å². The summed E-state index contributed by atoms with van der Waals surface area (Å²) in [7, 11) is 3.94. The number of esters is 1. The van der Waals surface area contributed by atoms with E-state index < -0.39 is 5.41 Å². The van der Waals surface area contributed by atoms with Crippen LogP contribution in [0.4, 0.5) is 0 Å². The van der Waals surface area contributed by atoms with Crippen LogP contribution in [0.25, 0.3) is 0 Å². The Labute approximate surface area is 158 Å². The molecular formula is C19H26N2O6. The Morgan fingerprint density at radius 2 is 2.00 bits per heavy atom. The summed E-state index contributed by atoms with van der Waals surface area (Å²) in [6.45, 7) is 1.57. The summed E-state index contributed by atoms with van der Waals surface area (Å²) in [6, 6.07) is 6.38. The summed E-state index contributed by atoms with van der Waals surface area (Å²) in [4.78, 5) is 37.0. The molecule has 0 aromatic heterocycles. The molecular weight excluding hydrogens is 352 g/mol. The van der Waals surface area contributed by atoms with Crippen LogP contribution in [0.1, 0.15) is 29.6 Å². The van der Waals surface area contributed by atoms with Crippen LogP contribution in [0, 0.1) is 5.41 Å². The third-order valence-corrected chi connectivity index (χ3v) is 4.99. The normalized spacial score (nSPS) is 20.8. The van der Waals surface area contributed by atoms with Crippen molar-refractivity contribution in [2.75, 3.05) is 33.7 Å². The number of ether oxygens (including phenoxy) is 1. The number of nitrogens with zero attached hydrogens (tertiary/aromatic N) is 2. The summed E-state index contributed by atoms with van der Waals surface area (Å²) in [6.07, 6.45) is 1.96. The van der Waals surface area contributed by atoms with Crippen molar-refractivity contribution >= 4 is 18.3 Å². The Morgan fingerprint density at radius 1 is 1.37 bits per heavy atom. The quantitative estimate of drug-likeness (QED) is 0.601. The van der Waals surface area contributed by atoms with Gasteiger partial charge in [0, 0.05) is 31.6 Å². The van der Waals surface area contributed by atoms with Crippen molar-refractivity contribution in [3.05, 3.63) is 29.8 Å². The molecule has 0 aliphatic carbocycles. The molecule has 148 valence electrons. The monoisotopic (exact) mass is 378 g/mol. The maximum absolute atomic E-state index is 12.5. The van der Waals surface area contributed by atoms with Crippen molar-refractivity contribution in [2.24, 2.45) is 5.41 Å². The Kier molecular flexibility index (Phi) is 6.79. The topological polar surface area (TPSA) is 107 Å². The number of carbonyl (C=O) groups is 3. The summed E-state index contributed by atoms with van der Waals surface area (Å²) < 4.78 is 5.54. The van der Waals surface area contributed by atoms with Gasteiger partial charge in [0.2, 0.25) is 0 Å². The number of likely N-dealkylation sites (tertiary alicyclic amines) is 1. The number of carboxylic acid groups (broad SMARTS) is 1. The molecule has 8 nitrogen and oxygen atoms in total. The Balaban J connectivity index is 0.000000817. The molecule has 1 spiro atoms. The number of phenols is 1. The van der Waals surface area contributed by atoms with Crippen molar-refractivity contribution in [2.45, 2.75) is 25.4 Å². The summed E-state index contributed by atoms with van der Waals surface area (Å²) in [5.74, 6) is -0.129. The third-order valence-electron chi connectivity index (χ3n) is 4.99. The highest BCUT2D eigenvalue weighted by Crippen LogP contribution is 2.43. The minimum Gasteiger partial charge on any atom is -0.508 e. The standard InChI is InChI=1S/C18H24N2O4.CH2O2/c1-19(2)12-15-11-18(17(23)24-15)6-8-20(9-7-18)16(22)13-4-3-5-14(21)10-13;2-1-3/h3-5,10,15,21H,6-9,11-12H2,1-2H3;1H,(H,2,3). The second-order valence-electron chi connectivity index (χ2n) is 7.22. The van der Waals surface area contributed by atoms with Gasteiger partial charge in [0.15, 0.2) is 0 Å². The zero-order chi connectivity index (χ0) is 20.0. The number of aromatic hydroxyl groups is 1. The number of rotatable bonds is 3. The minimum absolute atomic E-state index is 0.0548. The molecule has 8 heteroatoms. The van der Waals surface area contributed by atoms with Crippen molar-refractivity contribution in [1.29, 1.82) is 0 Å². The van der Waals surface area contributed by atoms with Gasteiger partial charge in [-0.25, -0.2) is 0 Å². The highest BCUT2D eigenvalue weighted by Gasteiger charge is 2.50. The minimum atomic E-state index is -0.434. The molecule has 0 bridgehead atoms. The lowest BCUT2D eigenvalue weighted by atomic mass is 9.76. The number of hydrogen-bond acceptors (Lipinski definition) is 6. The van der Waals surface area contributed by atoms with Gasteiger partial charge in [0.1, 0.15) is 11.9 Å². The predicted molar refractivity (Wildman–Crippen MR) is 97.4 cm³/mol. The van der Waals surface area contributed by atoms with E-state index in [0.717, 1.165) is 13.0 Å². The first kappa shape index (κ1) is 20.7. The van der Waals surface area contributed by atoms with Gasteiger partial charge in [-0.15, -0.1) is 0 Å². The molecule has 2 aliphatic heterocycles. The van der Waals surface area contributed by atoms with Gasteiger partial charge in [-0.05, 0) is 45.1 Å². The molecule has 1 unspecified atom stereocenters. The molecule has 27 heavy (non-hydrogen) atoms. The molecule has 2 aliphatic rings.